The summed E-state index contributed by atoms with van der Waals surface area (Å²) in [6, 6.07) is 0. The van der Waals surface area contributed by atoms with E-state index in [9.17, 15) is 31.1 Å². The number of hydrogen-bond donors (Lipinski definition) is 0. The van der Waals surface area contributed by atoms with Gasteiger partial charge in [0.05, 0.1) is 0 Å². The lowest BCUT2D eigenvalue weighted by atomic mass is 10.6. The highest BCUT2D eigenvalue weighted by Gasteiger charge is 2.62. The number of ether oxygens (including phenoxy) is 2. The van der Waals surface area contributed by atoms with E-state index in [1.54, 1.807) is 0 Å². The minimum atomic E-state index is -6.05. The second kappa shape index (κ2) is 3.71. The van der Waals surface area contributed by atoms with Crippen molar-refractivity contribution in [1.82, 2.24) is 0 Å². The van der Waals surface area contributed by atoms with Crippen molar-refractivity contribution in [2.75, 3.05) is 6.86 Å². The molecule has 0 N–H and O–H groups in total. The lowest BCUT2D eigenvalue weighted by molar-refractivity contribution is -0.374. The summed E-state index contributed by atoms with van der Waals surface area (Å²) < 4.78 is 73.9. The Morgan fingerprint density at radius 2 is 1.62 bits per heavy atom. The summed E-state index contributed by atoms with van der Waals surface area (Å²) in [5.74, 6) is 0. The third-order valence-corrected chi connectivity index (χ3v) is 0.714. The van der Waals surface area contributed by atoms with Gasteiger partial charge in [0.1, 0.15) is 0 Å². The number of carbonyl (C=O) groups is 1. The molecule has 0 amide bonds. The Kier molecular flexibility index (Phi) is 3.38. The molecule has 0 unspecified atom stereocenters. The molecule has 3 nitrogen and oxygen atoms in total. The first-order valence-corrected chi connectivity index (χ1v) is 2.57. The monoisotopic (exact) mass is 212 g/mol. The average molecular weight is 212 g/mol. The van der Waals surface area contributed by atoms with Gasteiger partial charge in [-0.25, -0.2) is 9.18 Å². The highest BCUT2D eigenvalue weighted by Crippen LogP contribution is 2.36. The molecule has 0 bridgehead atoms. The van der Waals surface area contributed by atoms with Gasteiger partial charge in [-0.3, -0.25) is 0 Å². The van der Waals surface area contributed by atoms with Crippen LogP contribution in [0.15, 0.2) is 0 Å². The van der Waals surface area contributed by atoms with Gasteiger partial charge < -0.3 is 9.47 Å². The summed E-state index contributed by atoms with van der Waals surface area (Å²) in [5, 5.41) is 0. The van der Waals surface area contributed by atoms with Gasteiger partial charge in [-0.2, -0.15) is 22.0 Å². The van der Waals surface area contributed by atoms with Crippen molar-refractivity contribution in [3.63, 3.8) is 0 Å². The molecule has 0 aromatic rings. The highest BCUT2D eigenvalue weighted by atomic mass is 19.4. The summed E-state index contributed by atoms with van der Waals surface area (Å²) >= 11 is 0. The molecule has 0 heterocycles. The van der Waals surface area contributed by atoms with E-state index in [-0.39, 0.29) is 0 Å². The van der Waals surface area contributed by atoms with E-state index in [0.29, 0.717) is 0 Å². The Balaban J connectivity index is 4.26. The molecule has 0 aromatic carbocycles. The Hall–Kier alpha value is -1.15. The zero-order valence-corrected chi connectivity index (χ0v) is 5.70. The quantitative estimate of drug-likeness (QED) is 0.520. The first kappa shape index (κ1) is 11.8. The molecule has 0 atom stereocenters. The second-order valence-electron chi connectivity index (χ2n) is 1.62. The smallest absolute Gasteiger partial charge is 0.402 e. The van der Waals surface area contributed by atoms with Gasteiger partial charge in [-0.05, 0) is 0 Å². The zero-order chi connectivity index (χ0) is 10.7. The van der Waals surface area contributed by atoms with Crippen LogP contribution in [0.4, 0.5) is 31.1 Å². The Labute approximate surface area is 67.2 Å². The van der Waals surface area contributed by atoms with Gasteiger partial charge >= 0.3 is 18.4 Å². The number of rotatable bonds is 2. The molecule has 0 radical (unpaired) electrons. The second-order valence-corrected chi connectivity index (χ2v) is 1.62. The predicted molar refractivity (Wildman–Crippen MR) is 24.5 cm³/mol. The Morgan fingerprint density at radius 1 is 1.15 bits per heavy atom. The lowest BCUT2D eigenvalue weighted by Crippen LogP contribution is -2.40. The van der Waals surface area contributed by atoms with Crippen molar-refractivity contribution in [2.24, 2.45) is 0 Å². The van der Waals surface area contributed by atoms with Crippen molar-refractivity contribution >= 4 is 6.16 Å². The van der Waals surface area contributed by atoms with E-state index in [1.165, 1.54) is 0 Å². The summed E-state index contributed by atoms with van der Waals surface area (Å²) in [7, 11) is 0. The number of carbonyl (C=O) groups excluding carboxylic acids is 1. The van der Waals surface area contributed by atoms with Gasteiger partial charge in [-0.15, -0.1) is 0 Å². The van der Waals surface area contributed by atoms with Crippen LogP contribution in [0.25, 0.3) is 0 Å². The van der Waals surface area contributed by atoms with Gasteiger partial charge in [0, 0.05) is 0 Å². The largest absolute Gasteiger partial charge is 0.515 e. The van der Waals surface area contributed by atoms with Crippen molar-refractivity contribution in [3.05, 3.63) is 0 Å². The van der Waals surface area contributed by atoms with E-state index in [0.717, 1.165) is 0 Å². The van der Waals surface area contributed by atoms with E-state index < -0.39 is 25.3 Å². The van der Waals surface area contributed by atoms with Crippen LogP contribution in [0.5, 0.6) is 0 Å². The zero-order valence-electron chi connectivity index (χ0n) is 5.70. The van der Waals surface area contributed by atoms with Crippen molar-refractivity contribution < 1.29 is 40.6 Å². The molecule has 0 aliphatic carbocycles. The van der Waals surface area contributed by atoms with Crippen LogP contribution in [-0.4, -0.2) is 25.3 Å². The van der Waals surface area contributed by atoms with E-state index in [2.05, 4.69) is 9.47 Å². The van der Waals surface area contributed by atoms with E-state index in [1.807, 2.05) is 0 Å². The van der Waals surface area contributed by atoms with Gasteiger partial charge in [0.2, 0.25) is 6.86 Å². The van der Waals surface area contributed by atoms with Gasteiger partial charge in [0.25, 0.3) is 0 Å². The molecule has 0 rings (SSSR count). The maximum Gasteiger partial charge on any atom is 0.515 e. The lowest BCUT2D eigenvalue weighted by Gasteiger charge is -2.17. The van der Waals surface area contributed by atoms with Crippen LogP contribution in [0.1, 0.15) is 0 Å². The number of hydrogen-bond acceptors (Lipinski definition) is 3. The maximum atomic E-state index is 11.7. The van der Waals surface area contributed by atoms with Gasteiger partial charge in [-0.1, -0.05) is 0 Å². The molecule has 0 aliphatic heterocycles. The number of alkyl halides is 6. The first-order valence-electron chi connectivity index (χ1n) is 2.57. The van der Waals surface area contributed by atoms with Crippen molar-refractivity contribution in [2.45, 2.75) is 12.3 Å². The van der Waals surface area contributed by atoms with E-state index in [4.69, 9.17) is 0 Å². The molecule has 0 saturated heterocycles. The van der Waals surface area contributed by atoms with Crippen molar-refractivity contribution in [3.8, 4) is 0 Å². The molecule has 9 heteroatoms. The molecule has 0 fully saturated rings. The molecule has 0 saturated carbocycles. The molecule has 0 aromatic heterocycles. The third kappa shape index (κ3) is 3.38. The minimum Gasteiger partial charge on any atom is -0.402 e. The summed E-state index contributed by atoms with van der Waals surface area (Å²) in [6.07, 6.45) is -14.2. The fourth-order valence-electron chi connectivity index (χ4n) is 0.237. The topological polar surface area (TPSA) is 35.5 Å². The molecule has 0 spiro atoms. The SMILES string of the molecule is O=C(OCF)OC(F)(F)C(F)(F)F. The molecule has 0 aliphatic rings. The van der Waals surface area contributed by atoms with Crippen LogP contribution in [0, 0.1) is 0 Å². The van der Waals surface area contributed by atoms with Gasteiger partial charge in [0.15, 0.2) is 0 Å². The summed E-state index contributed by atoms with van der Waals surface area (Å²) in [4.78, 5) is 9.84. The highest BCUT2D eigenvalue weighted by molar-refractivity contribution is 5.60. The average Bonchev–Trinajstić information content (AvgIpc) is 1.83. The normalized spacial score (nSPS) is 12.5. The minimum absolute atomic E-state index is 1.85. The standard InChI is InChI=1S/C4H2F6O3/c5-1-12-2(11)13-4(9,10)3(6,7)8/h1H2. The fraction of sp³-hybridized carbons (Fsp3) is 0.750. The van der Waals surface area contributed by atoms with Crippen molar-refractivity contribution in [1.29, 1.82) is 0 Å². The Bertz CT molecular complexity index is 187. The molecule has 78 valence electrons. The predicted octanol–water partition coefficient (Wildman–Crippen LogP) is 2.22. The van der Waals surface area contributed by atoms with Crippen LogP contribution in [0.2, 0.25) is 0 Å². The van der Waals surface area contributed by atoms with Crippen LogP contribution in [0.3, 0.4) is 0 Å². The van der Waals surface area contributed by atoms with E-state index >= 15 is 0 Å². The first-order chi connectivity index (χ1) is 5.70. The van der Waals surface area contributed by atoms with Crippen LogP contribution in [-0.2, 0) is 9.47 Å². The number of halogens is 6. The third-order valence-electron chi connectivity index (χ3n) is 0.714. The fourth-order valence-corrected chi connectivity index (χ4v) is 0.237. The molecule has 13 heavy (non-hydrogen) atoms. The molecular weight excluding hydrogens is 210 g/mol. The summed E-state index contributed by atoms with van der Waals surface area (Å²) in [5.41, 5.74) is 0. The molecular formula is C4H2F6O3. The van der Waals surface area contributed by atoms with Crippen LogP contribution >= 0.6 is 0 Å². The summed E-state index contributed by atoms with van der Waals surface area (Å²) in [6.45, 7) is -1.85. The Morgan fingerprint density at radius 3 is 1.92 bits per heavy atom. The van der Waals surface area contributed by atoms with Crippen LogP contribution < -0.4 is 0 Å². The maximum absolute atomic E-state index is 11.7.